The van der Waals surface area contributed by atoms with Gasteiger partial charge in [-0.25, -0.2) is 9.59 Å². The first-order chi connectivity index (χ1) is 10.1. The zero-order valence-corrected chi connectivity index (χ0v) is 11.8. The molecule has 0 aliphatic carbocycles. The van der Waals surface area contributed by atoms with E-state index in [2.05, 4.69) is 10.6 Å². The maximum Gasteiger partial charge on any atom is 0.326 e. The number of hydrogen-bond acceptors (Lipinski definition) is 4. The van der Waals surface area contributed by atoms with Gasteiger partial charge in [-0.3, -0.25) is 0 Å². The summed E-state index contributed by atoms with van der Waals surface area (Å²) in [5, 5.41) is 22.4. The minimum absolute atomic E-state index is 0.0266. The smallest absolute Gasteiger partial charge is 0.326 e. The van der Waals surface area contributed by atoms with E-state index in [4.69, 9.17) is 14.9 Å². The molecule has 0 aliphatic rings. The van der Waals surface area contributed by atoms with Gasteiger partial charge in [0, 0.05) is 19.6 Å². The Morgan fingerprint density at radius 2 is 1.95 bits per heavy atom. The molecule has 1 rings (SSSR count). The van der Waals surface area contributed by atoms with E-state index < -0.39 is 18.0 Å². The molecule has 0 fully saturated rings. The first kappa shape index (κ1) is 16.8. The second kappa shape index (κ2) is 8.80. The number of aliphatic carboxylic acids is 1. The van der Waals surface area contributed by atoms with Crippen molar-refractivity contribution in [2.24, 2.45) is 0 Å². The molecule has 7 nitrogen and oxygen atoms in total. The van der Waals surface area contributed by atoms with E-state index >= 15 is 0 Å². The molecule has 0 spiro atoms. The fourth-order valence-electron chi connectivity index (χ4n) is 1.71. The molecule has 0 heterocycles. The van der Waals surface area contributed by atoms with Crippen molar-refractivity contribution in [3.8, 4) is 5.75 Å². The first-order valence-corrected chi connectivity index (χ1v) is 6.57. The molecule has 0 aromatic heterocycles. The highest BCUT2D eigenvalue weighted by molar-refractivity contribution is 5.82. The maximum absolute atomic E-state index is 11.5. The average Bonchev–Trinajstić information content (AvgIpc) is 2.47. The van der Waals surface area contributed by atoms with Crippen molar-refractivity contribution in [2.45, 2.75) is 18.9 Å². The summed E-state index contributed by atoms with van der Waals surface area (Å²) < 4.78 is 5.05. The van der Waals surface area contributed by atoms with Crippen molar-refractivity contribution < 1.29 is 24.5 Å². The van der Waals surface area contributed by atoms with Crippen LogP contribution in [-0.2, 0) is 11.2 Å². The molecule has 116 valence electrons. The zero-order chi connectivity index (χ0) is 15.7. The topological polar surface area (TPSA) is 108 Å². The molecule has 0 unspecified atom stereocenters. The molecule has 2 amide bonds. The largest absolute Gasteiger partial charge is 0.497 e. The molecule has 0 radical (unpaired) electrons. The van der Waals surface area contributed by atoms with Crippen LogP contribution in [0.2, 0.25) is 0 Å². The fourth-order valence-corrected chi connectivity index (χ4v) is 1.71. The van der Waals surface area contributed by atoms with Crippen LogP contribution in [0.25, 0.3) is 0 Å². The molecule has 0 aliphatic heterocycles. The number of aliphatic hydroxyl groups is 1. The number of nitrogens with one attached hydrogen (secondary N) is 2. The summed E-state index contributed by atoms with van der Waals surface area (Å²) in [6.45, 7) is 0.0761. The van der Waals surface area contributed by atoms with E-state index in [0.29, 0.717) is 13.0 Å². The Bertz CT molecular complexity index is 461. The van der Waals surface area contributed by atoms with Gasteiger partial charge >= 0.3 is 12.0 Å². The van der Waals surface area contributed by atoms with Crippen molar-refractivity contribution in [1.82, 2.24) is 10.6 Å². The number of urea groups is 1. The van der Waals surface area contributed by atoms with Gasteiger partial charge in [-0.05, 0) is 24.1 Å². The zero-order valence-electron chi connectivity index (χ0n) is 11.8. The van der Waals surface area contributed by atoms with Crippen LogP contribution in [0.4, 0.5) is 4.79 Å². The summed E-state index contributed by atoms with van der Waals surface area (Å²) in [7, 11) is 1.59. The molecule has 1 aromatic carbocycles. The number of rotatable bonds is 8. The number of aliphatic hydroxyl groups excluding tert-OH is 1. The van der Waals surface area contributed by atoms with Crippen LogP contribution in [0.5, 0.6) is 5.75 Å². The third-order valence-corrected chi connectivity index (χ3v) is 2.88. The van der Waals surface area contributed by atoms with Gasteiger partial charge in [0.25, 0.3) is 0 Å². The van der Waals surface area contributed by atoms with Gasteiger partial charge < -0.3 is 25.6 Å². The summed E-state index contributed by atoms with van der Waals surface area (Å²) >= 11 is 0. The Labute approximate surface area is 122 Å². The van der Waals surface area contributed by atoms with Crippen molar-refractivity contribution in [3.63, 3.8) is 0 Å². The quantitative estimate of drug-likeness (QED) is 0.554. The Hall–Kier alpha value is -2.28. The molecule has 4 N–H and O–H groups in total. The van der Waals surface area contributed by atoms with Crippen LogP contribution in [-0.4, -0.2) is 48.5 Å². The number of amides is 2. The van der Waals surface area contributed by atoms with Crippen LogP contribution in [0.3, 0.4) is 0 Å². The van der Waals surface area contributed by atoms with Gasteiger partial charge in [-0.1, -0.05) is 12.1 Å². The highest BCUT2D eigenvalue weighted by Crippen LogP contribution is 2.11. The van der Waals surface area contributed by atoms with E-state index in [1.54, 1.807) is 7.11 Å². The predicted octanol–water partition coefficient (Wildman–Crippen LogP) is 0.373. The van der Waals surface area contributed by atoms with Gasteiger partial charge in [0.05, 0.1) is 7.11 Å². The normalized spacial score (nSPS) is 11.5. The van der Waals surface area contributed by atoms with Crippen molar-refractivity contribution in [1.29, 1.82) is 0 Å². The number of hydrogen-bond donors (Lipinski definition) is 4. The SMILES string of the molecule is COc1ccc(CCNC(=O)N[C@@H](CCO)C(=O)O)cc1. The lowest BCUT2D eigenvalue weighted by atomic mass is 10.1. The van der Waals surface area contributed by atoms with Crippen LogP contribution >= 0.6 is 0 Å². The van der Waals surface area contributed by atoms with Crippen LogP contribution < -0.4 is 15.4 Å². The van der Waals surface area contributed by atoms with E-state index in [-0.39, 0.29) is 13.0 Å². The van der Waals surface area contributed by atoms with Crippen LogP contribution in [0.1, 0.15) is 12.0 Å². The van der Waals surface area contributed by atoms with E-state index in [0.717, 1.165) is 11.3 Å². The molecular weight excluding hydrogens is 276 g/mol. The Morgan fingerprint density at radius 3 is 2.48 bits per heavy atom. The summed E-state index contributed by atoms with van der Waals surface area (Å²) in [5.41, 5.74) is 1.03. The third kappa shape index (κ3) is 6.13. The van der Waals surface area contributed by atoms with Gasteiger partial charge in [0.2, 0.25) is 0 Å². The number of carbonyl (C=O) groups excluding carboxylic acids is 1. The van der Waals surface area contributed by atoms with Gasteiger partial charge in [-0.2, -0.15) is 0 Å². The molecule has 1 atom stereocenters. The summed E-state index contributed by atoms with van der Waals surface area (Å²) in [6, 6.07) is 5.79. The minimum atomic E-state index is -1.17. The highest BCUT2D eigenvalue weighted by atomic mass is 16.5. The Balaban J connectivity index is 2.33. The van der Waals surface area contributed by atoms with Gasteiger partial charge in [0.15, 0.2) is 0 Å². The summed E-state index contributed by atoms with van der Waals surface area (Å²) in [6.07, 6.45) is 0.594. The van der Waals surface area contributed by atoms with E-state index in [1.807, 2.05) is 24.3 Å². The molecule has 1 aromatic rings. The highest BCUT2D eigenvalue weighted by Gasteiger charge is 2.18. The van der Waals surface area contributed by atoms with Crippen molar-refractivity contribution >= 4 is 12.0 Å². The lowest BCUT2D eigenvalue weighted by Gasteiger charge is -2.14. The van der Waals surface area contributed by atoms with Crippen LogP contribution in [0.15, 0.2) is 24.3 Å². The number of ether oxygens (including phenoxy) is 1. The van der Waals surface area contributed by atoms with E-state index in [9.17, 15) is 9.59 Å². The van der Waals surface area contributed by atoms with Crippen molar-refractivity contribution in [3.05, 3.63) is 29.8 Å². The standard InChI is InChI=1S/C14H20N2O5/c1-21-11-4-2-10(3-5-11)6-8-15-14(20)16-12(7-9-17)13(18)19/h2-5,12,17H,6-9H2,1H3,(H,18,19)(H2,15,16,20)/t12-/m0/s1. The predicted molar refractivity (Wildman–Crippen MR) is 76.4 cm³/mol. The molecule has 0 saturated carbocycles. The minimum Gasteiger partial charge on any atom is -0.497 e. The number of methoxy groups -OCH3 is 1. The number of benzene rings is 1. The lowest BCUT2D eigenvalue weighted by Crippen LogP contribution is -2.46. The second-order valence-electron chi connectivity index (χ2n) is 4.40. The maximum atomic E-state index is 11.5. The fraction of sp³-hybridized carbons (Fsp3) is 0.429. The lowest BCUT2D eigenvalue weighted by molar-refractivity contribution is -0.139. The number of carbonyl (C=O) groups is 2. The molecule has 21 heavy (non-hydrogen) atoms. The number of carboxylic acids is 1. The van der Waals surface area contributed by atoms with Crippen LogP contribution in [0, 0.1) is 0 Å². The molecule has 7 heteroatoms. The average molecular weight is 296 g/mol. The number of carboxylic acid groups (broad SMARTS) is 1. The second-order valence-corrected chi connectivity index (χ2v) is 4.40. The first-order valence-electron chi connectivity index (χ1n) is 6.57. The monoisotopic (exact) mass is 296 g/mol. The molecular formula is C14H20N2O5. The molecule has 0 bridgehead atoms. The summed E-state index contributed by atoms with van der Waals surface area (Å²) in [5.74, 6) is -0.410. The Kier molecular flexibility index (Phi) is 7.03. The van der Waals surface area contributed by atoms with E-state index in [1.165, 1.54) is 0 Å². The van der Waals surface area contributed by atoms with Gasteiger partial charge in [-0.15, -0.1) is 0 Å². The van der Waals surface area contributed by atoms with Crippen molar-refractivity contribution in [2.75, 3.05) is 20.3 Å². The van der Waals surface area contributed by atoms with Gasteiger partial charge in [0.1, 0.15) is 11.8 Å². The molecule has 0 saturated heterocycles. The third-order valence-electron chi connectivity index (χ3n) is 2.88. The summed E-state index contributed by atoms with van der Waals surface area (Å²) in [4.78, 5) is 22.4. The Morgan fingerprint density at radius 1 is 1.29 bits per heavy atom.